The lowest BCUT2D eigenvalue weighted by Gasteiger charge is -2.27. The van der Waals surface area contributed by atoms with Crippen LogP contribution in [0.1, 0.15) is 49.9 Å². The number of rotatable bonds is 11. The fraction of sp³-hybridized carbons (Fsp3) is 0.467. The largest absolute Gasteiger partial charge is 0.507 e. The van der Waals surface area contributed by atoms with Crippen molar-refractivity contribution in [2.45, 2.75) is 45.8 Å². The van der Waals surface area contributed by atoms with Gasteiger partial charge in [0.15, 0.2) is 11.5 Å². The van der Waals surface area contributed by atoms with Crippen LogP contribution in [0.15, 0.2) is 35.9 Å². The second-order valence-electron chi connectivity index (χ2n) is 9.79. The number of methoxy groups -OCH3 is 3. The third-order valence-electron chi connectivity index (χ3n) is 7.48. The van der Waals surface area contributed by atoms with Gasteiger partial charge in [-0.25, -0.2) is 0 Å². The summed E-state index contributed by atoms with van der Waals surface area (Å²) in [5, 5.41) is 11.5. The number of fused-ring (bicyclic) bond motifs is 1. The molecule has 1 saturated heterocycles. The Hall–Kier alpha value is -3.72. The summed E-state index contributed by atoms with van der Waals surface area (Å²) in [7, 11) is 4.53. The van der Waals surface area contributed by atoms with E-state index in [0.717, 1.165) is 30.9 Å². The van der Waals surface area contributed by atoms with E-state index < -0.39 is 17.7 Å². The van der Waals surface area contributed by atoms with Crippen LogP contribution in [0.4, 0.5) is 0 Å². The second-order valence-corrected chi connectivity index (χ2v) is 9.79. The summed E-state index contributed by atoms with van der Waals surface area (Å²) in [5.74, 6) is 0.355. The minimum Gasteiger partial charge on any atom is -0.507 e. The molecule has 4 rings (SSSR count). The Morgan fingerprint density at radius 3 is 2.31 bits per heavy atom. The normalized spacial score (nSPS) is 19.8. The quantitative estimate of drug-likeness (QED) is 0.258. The molecule has 9 nitrogen and oxygen atoms in total. The van der Waals surface area contributed by atoms with Gasteiger partial charge in [0.1, 0.15) is 17.6 Å². The minimum atomic E-state index is -0.834. The van der Waals surface area contributed by atoms with Crippen LogP contribution in [0.2, 0.25) is 0 Å². The van der Waals surface area contributed by atoms with E-state index in [1.807, 2.05) is 13.0 Å². The molecule has 2 aromatic rings. The third-order valence-corrected chi connectivity index (χ3v) is 7.48. The Bertz CT molecular complexity index is 1240. The van der Waals surface area contributed by atoms with Crippen molar-refractivity contribution in [1.82, 2.24) is 9.80 Å². The Kier molecular flexibility index (Phi) is 8.70. The van der Waals surface area contributed by atoms with Crippen LogP contribution in [0.5, 0.6) is 23.0 Å². The molecule has 2 aliphatic heterocycles. The zero-order chi connectivity index (χ0) is 28.3. The van der Waals surface area contributed by atoms with Crippen molar-refractivity contribution in [1.29, 1.82) is 0 Å². The van der Waals surface area contributed by atoms with Gasteiger partial charge in [0.25, 0.3) is 11.7 Å². The van der Waals surface area contributed by atoms with E-state index in [1.54, 1.807) is 24.3 Å². The molecule has 210 valence electrons. The molecule has 0 saturated carbocycles. The summed E-state index contributed by atoms with van der Waals surface area (Å²) < 4.78 is 22.4. The van der Waals surface area contributed by atoms with Crippen molar-refractivity contribution in [2.24, 2.45) is 0 Å². The fourth-order valence-electron chi connectivity index (χ4n) is 5.45. The van der Waals surface area contributed by atoms with E-state index in [0.29, 0.717) is 47.8 Å². The number of ether oxygens (including phenoxy) is 4. The average Bonchev–Trinajstić information content (AvgIpc) is 3.44. The van der Waals surface area contributed by atoms with Crippen LogP contribution in [0.3, 0.4) is 0 Å². The number of hydrogen-bond donors (Lipinski definition) is 1. The monoisotopic (exact) mass is 538 g/mol. The van der Waals surface area contributed by atoms with E-state index >= 15 is 0 Å². The Morgan fingerprint density at radius 1 is 1.05 bits per heavy atom. The Labute approximate surface area is 229 Å². The lowest BCUT2D eigenvalue weighted by molar-refractivity contribution is -0.140. The van der Waals surface area contributed by atoms with E-state index in [9.17, 15) is 14.7 Å². The molecule has 0 spiro atoms. The van der Waals surface area contributed by atoms with Crippen molar-refractivity contribution in [3.63, 3.8) is 0 Å². The zero-order valence-corrected chi connectivity index (χ0v) is 23.6. The van der Waals surface area contributed by atoms with Gasteiger partial charge in [-0.3, -0.25) is 9.59 Å². The summed E-state index contributed by atoms with van der Waals surface area (Å²) in [6.45, 7) is 9.07. The lowest BCUT2D eigenvalue weighted by Crippen LogP contribution is -2.33. The number of amides is 1. The molecule has 0 radical (unpaired) electrons. The number of nitrogens with zero attached hydrogens (tertiary/aromatic N) is 2. The third kappa shape index (κ3) is 5.41. The first-order valence-corrected chi connectivity index (χ1v) is 13.4. The molecule has 0 unspecified atom stereocenters. The topological polar surface area (TPSA) is 97.8 Å². The average molecular weight is 539 g/mol. The predicted octanol–water partition coefficient (Wildman–Crippen LogP) is 4.19. The standard InChI is InChI=1S/C30H38N2O7/c1-7-31(8-2)12-9-13-32-26(21-16-23(36-4)29(38-6)24(17-21)37-5)25(28(34)30(32)35)27(33)19-10-11-22-20(15-19)14-18(3)39-22/h10-11,15-18,26,33H,7-9,12-14H2,1-6H3/t18-,26-/m0/s1. The molecule has 2 heterocycles. The van der Waals surface area contributed by atoms with Crippen molar-refractivity contribution in [3.8, 4) is 23.0 Å². The summed E-state index contributed by atoms with van der Waals surface area (Å²) in [6, 6.07) is 7.95. The fourth-order valence-corrected chi connectivity index (χ4v) is 5.45. The smallest absolute Gasteiger partial charge is 0.295 e. The molecule has 1 N–H and O–H groups in total. The molecule has 1 fully saturated rings. The van der Waals surface area contributed by atoms with Crippen molar-refractivity contribution < 1.29 is 33.6 Å². The van der Waals surface area contributed by atoms with E-state index in [4.69, 9.17) is 18.9 Å². The summed E-state index contributed by atoms with van der Waals surface area (Å²) >= 11 is 0. The number of likely N-dealkylation sites (tertiary alicyclic amines) is 1. The second kappa shape index (κ2) is 12.0. The highest BCUT2D eigenvalue weighted by molar-refractivity contribution is 6.46. The molecular formula is C30H38N2O7. The maximum Gasteiger partial charge on any atom is 0.295 e. The van der Waals surface area contributed by atoms with Gasteiger partial charge in [0.2, 0.25) is 5.75 Å². The molecule has 2 aliphatic rings. The molecule has 0 aliphatic carbocycles. The van der Waals surface area contributed by atoms with E-state index in [1.165, 1.54) is 26.2 Å². The molecule has 2 aromatic carbocycles. The number of hydrogen-bond acceptors (Lipinski definition) is 8. The van der Waals surface area contributed by atoms with Crippen molar-refractivity contribution >= 4 is 17.4 Å². The van der Waals surface area contributed by atoms with E-state index in [2.05, 4.69) is 18.7 Å². The maximum atomic E-state index is 13.5. The van der Waals surface area contributed by atoms with Gasteiger partial charge in [0, 0.05) is 18.5 Å². The van der Waals surface area contributed by atoms with Crippen LogP contribution in [-0.4, -0.2) is 80.2 Å². The number of benzene rings is 2. The maximum absolute atomic E-state index is 13.5. The van der Waals surface area contributed by atoms with Gasteiger partial charge in [-0.15, -0.1) is 0 Å². The Balaban J connectivity index is 1.83. The number of aliphatic hydroxyl groups excluding tert-OH is 1. The van der Waals surface area contributed by atoms with E-state index in [-0.39, 0.29) is 17.4 Å². The van der Waals surface area contributed by atoms with Gasteiger partial charge in [-0.05, 0) is 74.4 Å². The number of ketones is 1. The van der Waals surface area contributed by atoms with Gasteiger partial charge in [-0.2, -0.15) is 0 Å². The van der Waals surface area contributed by atoms with Crippen LogP contribution < -0.4 is 18.9 Å². The highest BCUT2D eigenvalue weighted by Gasteiger charge is 2.46. The van der Waals surface area contributed by atoms with Crippen molar-refractivity contribution in [2.75, 3.05) is 47.5 Å². The highest BCUT2D eigenvalue weighted by Crippen LogP contribution is 2.46. The summed E-state index contributed by atoms with van der Waals surface area (Å²) in [4.78, 5) is 30.7. The van der Waals surface area contributed by atoms with Gasteiger partial charge < -0.3 is 33.9 Å². The van der Waals surface area contributed by atoms with Gasteiger partial charge in [0.05, 0.1) is 32.9 Å². The summed E-state index contributed by atoms with van der Waals surface area (Å²) in [5.41, 5.74) is 2.02. The molecule has 0 bridgehead atoms. The van der Waals surface area contributed by atoms with Crippen molar-refractivity contribution in [3.05, 3.63) is 52.6 Å². The van der Waals surface area contributed by atoms with Gasteiger partial charge in [-0.1, -0.05) is 13.8 Å². The molecule has 1 amide bonds. The molecule has 0 aromatic heterocycles. The first kappa shape index (κ1) is 28.3. The van der Waals surface area contributed by atoms with Crippen LogP contribution in [-0.2, 0) is 16.0 Å². The minimum absolute atomic E-state index is 0.0315. The van der Waals surface area contributed by atoms with Crippen LogP contribution >= 0.6 is 0 Å². The summed E-state index contributed by atoms with van der Waals surface area (Å²) in [6.07, 6.45) is 1.41. The number of Topliss-reactive ketones (excluding diaryl/α,β-unsaturated/α-hetero) is 1. The van der Waals surface area contributed by atoms with Crippen LogP contribution in [0, 0.1) is 0 Å². The predicted molar refractivity (Wildman–Crippen MR) is 148 cm³/mol. The molecule has 9 heteroatoms. The number of carbonyl (C=O) groups excluding carboxylic acids is 2. The number of aliphatic hydroxyl groups is 1. The molecular weight excluding hydrogens is 500 g/mol. The highest BCUT2D eigenvalue weighted by atomic mass is 16.5. The van der Waals surface area contributed by atoms with Gasteiger partial charge >= 0.3 is 0 Å². The molecule has 39 heavy (non-hydrogen) atoms. The number of carbonyl (C=O) groups is 2. The van der Waals surface area contributed by atoms with Crippen LogP contribution in [0.25, 0.3) is 5.76 Å². The SMILES string of the molecule is CCN(CC)CCCN1C(=O)C(=O)C(=C(O)c2ccc3c(c2)C[C@H](C)O3)[C@@H]1c1cc(OC)c(OC)c(OC)c1. The first-order chi connectivity index (χ1) is 18.8. The zero-order valence-electron chi connectivity index (χ0n) is 23.6. The molecule has 2 atom stereocenters. The lowest BCUT2D eigenvalue weighted by atomic mass is 9.94. The Morgan fingerprint density at radius 2 is 1.72 bits per heavy atom. The first-order valence-electron chi connectivity index (χ1n) is 13.4.